The third-order valence-electron chi connectivity index (χ3n) is 2.67. The average molecular weight is 355 g/mol. The first kappa shape index (κ1) is 19.2. The highest BCUT2D eigenvalue weighted by Crippen LogP contribution is 2.23. The average Bonchev–Trinajstić information content (AvgIpc) is 2.56. The Balaban J connectivity index is 0.000000254. The number of phenolic OH excluding ortho intramolecular Hbond substituents is 1. The van der Waals surface area contributed by atoms with Crippen LogP contribution in [-0.2, 0) is 0 Å². The molecule has 1 N–H and O–H groups in total. The van der Waals surface area contributed by atoms with Crippen molar-refractivity contribution in [3.05, 3.63) is 68.8 Å². The van der Waals surface area contributed by atoms with Crippen molar-refractivity contribution in [2.45, 2.75) is 6.42 Å². The molecule has 0 radical (unpaired) electrons. The molecular weight excluding hydrogens is 340 g/mol. The molecule has 0 atom stereocenters. The van der Waals surface area contributed by atoms with E-state index in [2.05, 4.69) is 0 Å². The molecule has 0 unspecified atom stereocenters. The van der Waals surface area contributed by atoms with E-state index in [-0.39, 0.29) is 17.1 Å². The van der Waals surface area contributed by atoms with Crippen molar-refractivity contribution in [1.29, 1.82) is 0 Å². The quantitative estimate of drug-likeness (QED) is 0.364. The fourth-order valence-corrected chi connectivity index (χ4v) is 1.64. The normalized spacial score (nSPS) is 9.54. The van der Waals surface area contributed by atoms with E-state index in [9.17, 15) is 20.2 Å². The first-order valence-corrected chi connectivity index (χ1v) is 7.34. The van der Waals surface area contributed by atoms with Gasteiger partial charge in [0.1, 0.15) is 5.75 Å². The zero-order chi connectivity index (χ0) is 17.9. The molecule has 2 aromatic carbocycles. The summed E-state index contributed by atoms with van der Waals surface area (Å²) in [5.74, 6) is 0.876. The SMILES string of the molecule is O=[N+]([O-])c1ccc(OCCCCl)cc1.O=[N+]([O-])c1ccccc1O. The van der Waals surface area contributed by atoms with Gasteiger partial charge in [-0.25, -0.2) is 0 Å². The van der Waals surface area contributed by atoms with Crippen molar-refractivity contribution in [3.8, 4) is 11.5 Å². The summed E-state index contributed by atoms with van der Waals surface area (Å²) in [5.41, 5.74) is -0.197. The Hall–Kier alpha value is -2.87. The summed E-state index contributed by atoms with van der Waals surface area (Å²) in [4.78, 5) is 19.3. The highest BCUT2D eigenvalue weighted by molar-refractivity contribution is 6.17. The number of ether oxygens (including phenoxy) is 1. The number of rotatable bonds is 6. The summed E-state index contributed by atoms with van der Waals surface area (Å²) < 4.78 is 5.27. The first-order valence-electron chi connectivity index (χ1n) is 6.81. The van der Waals surface area contributed by atoms with Crippen molar-refractivity contribution >= 4 is 23.0 Å². The molecule has 24 heavy (non-hydrogen) atoms. The summed E-state index contributed by atoms with van der Waals surface area (Å²) in [7, 11) is 0. The van der Waals surface area contributed by atoms with Crippen LogP contribution in [-0.4, -0.2) is 27.4 Å². The highest BCUT2D eigenvalue weighted by Gasteiger charge is 2.09. The molecule has 0 spiro atoms. The monoisotopic (exact) mass is 354 g/mol. The molecule has 0 saturated heterocycles. The number of phenols is 1. The summed E-state index contributed by atoms with van der Waals surface area (Å²) in [6.07, 6.45) is 0.762. The Morgan fingerprint density at radius 2 is 1.62 bits per heavy atom. The Labute approximate surface area is 142 Å². The number of alkyl halides is 1. The molecule has 0 aromatic heterocycles. The number of benzene rings is 2. The summed E-state index contributed by atoms with van der Waals surface area (Å²) in [6.45, 7) is 0.529. The molecule has 8 nitrogen and oxygen atoms in total. The fourth-order valence-electron chi connectivity index (χ4n) is 1.53. The molecule has 2 rings (SSSR count). The number of hydrogen-bond acceptors (Lipinski definition) is 6. The zero-order valence-electron chi connectivity index (χ0n) is 12.5. The van der Waals surface area contributed by atoms with E-state index >= 15 is 0 Å². The van der Waals surface area contributed by atoms with E-state index in [1.807, 2.05) is 0 Å². The topological polar surface area (TPSA) is 116 Å². The molecule has 0 amide bonds. The Kier molecular flexibility index (Phi) is 8.00. The van der Waals surface area contributed by atoms with Crippen LogP contribution in [0.4, 0.5) is 11.4 Å². The van der Waals surface area contributed by atoms with Crippen LogP contribution in [0.2, 0.25) is 0 Å². The van der Waals surface area contributed by atoms with E-state index < -0.39 is 9.85 Å². The second kappa shape index (κ2) is 10.0. The van der Waals surface area contributed by atoms with Crippen LogP contribution in [0.15, 0.2) is 48.5 Å². The molecular formula is C15H15ClN2O6. The summed E-state index contributed by atoms with van der Waals surface area (Å²) in [6, 6.07) is 11.5. The van der Waals surface area contributed by atoms with E-state index in [0.29, 0.717) is 18.2 Å². The van der Waals surface area contributed by atoms with Crippen LogP contribution in [0, 0.1) is 20.2 Å². The van der Waals surface area contributed by atoms with Crippen molar-refractivity contribution in [1.82, 2.24) is 0 Å². The van der Waals surface area contributed by atoms with Crippen molar-refractivity contribution in [2.24, 2.45) is 0 Å². The predicted octanol–water partition coefficient (Wildman–Crippen LogP) is 3.90. The van der Waals surface area contributed by atoms with Gasteiger partial charge in [-0.05, 0) is 24.6 Å². The van der Waals surface area contributed by atoms with Crippen LogP contribution in [0.25, 0.3) is 0 Å². The van der Waals surface area contributed by atoms with Gasteiger partial charge in [0.25, 0.3) is 5.69 Å². The predicted molar refractivity (Wildman–Crippen MR) is 88.7 cm³/mol. The van der Waals surface area contributed by atoms with Gasteiger partial charge in [0.15, 0.2) is 5.75 Å². The molecule has 9 heteroatoms. The second-order valence-electron chi connectivity index (χ2n) is 4.39. The molecule has 0 aliphatic heterocycles. The number of aromatic hydroxyl groups is 1. The zero-order valence-corrected chi connectivity index (χ0v) is 13.3. The van der Waals surface area contributed by atoms with Crippen molar-refractivity contribution < 1.29 is 19.7 Å². The first-order chi connectivity index (χ1) is 11.5. The Morgan fingerprint density at radius 3 is 2.08 bits per heavy atom. The third kappa shape index (κ3) is 6.49. The number of hydrogen-bond donors (Lipinski definition) is 1. The van der Waals surface area contributed by atoms with Crippen molar-refractivity contribution in [2.75, 3.05) is 12.5 Å². The van der Waals surface area contributed by atoms with Gasteiger partial charge >= 0.3 is 5.69 Å². The van der Waals surface area contributed by atoms with E-state index in [0.717, 1.165) is 6.42 Å². The summed E-state index contributed by atoms with van der Waals surface area (Å²) >= 11 is 5.47. The van der Waals surface area contributed by atoms with Gasteiger partial charge in [-0.2, -0.15) is 0 Å². The molecule has 0 aliphatic rings. The lowest BCUT2D eigenvalue weighted by molar-refractivity contribution is -0.385. The molecule has 0 bridgehead atoms. The Bertz CT molecular complexity index is 678. The van der Waals surface area contributed by atoms with Gasteiger partial charge < -0.3 is 9.84 Å². The number of halogens is 1. The highest BCUT2D eigenvalue weighted by atomic mass is 35.5. The maximum atomic E-state index is 10.3. The molecule has 128 valence electrons. The van der Waals surface area contributed by atoms with Crippen LogP contribution < -0.4 is 4.74 Å². The van der Waals surface area contributed by atoms with Crippen LogP contribution >= 0.6 is 11.6 Å². The van der Waals surface area contributed by atoms with Crippen LogP contribution in [0.1, 0.15) is 6.42 Å². The Morgan fingerprint density at radius 1 is 1.00 bits per heavy atom. The number of nitro benzene ring substituents is 2. The maximum Gasteiger partial charge on any atom is 0.310 e. The maximum absolute atomic E-state index is 10.3. The number of para-hydroxylation sites is 2. The molecule has 2 aromatic rings. The second-order valence-corrected chi connectivity index (χ2v) is 4.77. The standard InChI is InChI=1S/C9H10ClNO3.C6H5NO3/c10-6-1-7-14-9-4-2-8(3-5-9)11(12)13;8-6-4-2-1-3-5(6)7(9)10/h2-5H,1,6-7H2;1-4,8H. The van der Waals surface area contributed by atoms with Gasteiger partial charge in [-0.1, -0.05) is 12.1 Å². The third-order valence-corrected chi connectivity index (χ3v) is 2.94. The van der Waals surface area contributed by atoms with Gasteiger partial charge in [0.05, 0.1) is 16.5 Å². The molecule has 0 saturated carbocycles. The minimum absolute atomic E-state index is 0.0645. The molecule has 0 aliphatic carbocycles. The fraction of sp³-hybridized carbons (Fsp3) is 0.200. The van der Waals surface area contributed by atoms with Gasteiger partial charge in [0, 0.05) is 24.1 Å². The van der Waals surface area contributed by atoms with Gasteiger partial charge in [-0.15, -0.1) is 11.6 Å². The van der Waals surface area contributed by atoms with E-state index in [1.165, 1.54) is 36.4 Å². The molecule has 0 heterocycles. The summed E-state index contributed by atoms with van der Waals surface area (Å²) in [5, 5.41) is 29.2. The number of non-ortho nitro benzene ring substituents is 1. The lowest BCUT2D eigenvalue weighted by Crippen LogP contribution is -1.97. The van der Waals surface area contributed by atoms with Gasteiger partial charge in [0.2, 0.25) is 0 Å². The van der Waals surface area contributed by atoms with Crippen LogP contribution in [0.3, 0.4) is 0 Å². The smallest absolute Gasteiger partial charge is 0.310 e. The molecule has 0 fully saturated rings. The minimum atomic E-state index is -0.630. The lowest BCUT2D eigenvalue weighted by atomic mass is 10.3. The van der Waals surface area contributed by atoms with E-state index in [1.54, 1.807) is 12.1 Å². The largest absolute Gasteiger partial charge is 0.502 e. The number of nitrogens with zero attached hydrogens (tertiary/aromatic N) is 2. The van der Waals surface area contributed by atoms with Gasteiger partial charge in [-0.3, -0.25) is 20.2 Å². The number of nitro groups is 2. The van der Waals surface area contributed by atoms with Crippen LogP contribution in [0.5, 0.6) is 11.5 Å². The lowest BCUT2D eigenvalue weighted by Gasteiger charge is -2.03. The van der Waals surface area contributed by atoms with Crippen molar-refractivity contribution in [3.63, 3.8) is 0 Å². The van der Waals surface area contributed by atoms with E-state index in [4.69, 9.17) is 21.4 Å². The minimum Gasteiger partial charge on any atom is -0.502 e.